The van der Waals surface area contributed by atoms with Crippen LogP contribution in [0.1, 0.15) is 29.7 Å². The molecule has 2 aromatic carbocycles. The minimum Gasteiger partial charge on any atom is -0.348 e. The number of aryl methyl sites for hydroxylation is 1. The van der Waals surface area contributed by atoms with E-state index < -0.39 is 20.9 Å². The molecule has 0 aliphatic carbocycles. The van der Waals surface area contributed by atoms with Crippen LogP contribution in [0.15, 0.2) is 46.7 Å². The Morgan fingerprint density at radius 2 is 1.90 bits per heavy atom. The molecule has 1 aliphatic heterocycles. The van der Waals surface area contributed by atoms with Crippen molar-refractivity contribution in [3.63, 3.8) is 0 Å². The van der Waals surface area contributed by atoms with Crippen molar-refractivity contribution in [3.8, 4) is 0 Å². The summed E-state index contributed by atoms with van der Waals surface area (Å²) in [5.74, 6) is -0.530. The number of halogens is 3. The highest BCUT2D eigenvalue weighted by molar-refractivity contribution is 7.92. The van der Waals surface area contributed by atoms with Gasteiger partial charge in [-0.15, -0.1) is 11.3 Å². The molecule has 1 fully saturated rings. The first-order valence-electron chi connectivity index (χ1n) is 9.87. The second-order valence-electron chi connectivity index (χ2n) is 7.68. The van der Waals surface area contributed by atoms with E-state index in [0.29, 0.717) is 48.0 Å². The van der Waals surface area contributed by atoms with Gasteiger partial charge >= 0.3 is 0 Å². The average Bonchev–Trinajstić information content (AvgIpc) is 3.20. The molecule has 9 heteroatoms. The molecule has 1 saturated heterocycles. The van der Waals surface area contributed by atoms with Crippen molar-refractivity contribution in [3.05, 3.63) is 74.5 Å². The van der Waals surface area contributed by atoms with Crippen LogP contribution in [0.2, 0.25) is 10.0 Å². The molecule has 0 saturated carbocycles. The maximum Gasteiger partial charge on any atom is 0.185 e. The zero-order chi connectivity index (χ0) is 22.2. The third-order valence-corrected chi connectivity index (χ3v) is 9.47. The Kier molecular flexibility index (Phi) is 6.58. The molecule has 2 heterocycles. The minimum absolute atomic E-state index is 0.0994. The number of rotatable bonds is 5. The summed E-state index contributed by atoms with van der Waals surface area (Å²) in [6.45, 7) is 2.88. The van der Waals surface area contributed by atoms with Gasteiger partial charge in [0.1, 0.15) is 5.82 Å². The number of nitrogens with zero attached hydrogens (tertiary/aromatic N) is 2. The lowest BCUT2D eigenvalue weighted by atomic mass is 10.1. The van der Waals surface area contributed by atoms with Crippen LogP contribution in [0, 0.1) is 12.7 Å². The molecule has 1 aliphatic rings. The molecular formula is C22H21Cl2FN2O2S2. The van der Waals surface area contributed by atoms with E-state index in [4.69, 9.17) is 28.2 Å². The van der Waals surface area contributed by atoms with Crippen molar-refractivity contribution in [1.29, 1.82) is 0 Å². The fourth-order valence-electron chi connectivity index (χ4n) is 3.80. The molecule has 4 rings (SSSR count). The van der Waals surface area contributed by atoms with Gasteiger partial charge in [0.15, 0.2) is 15.0 Å². The average molecular weight is 499 g/mol. The molecule has 0 atom stereocenters. The summed E-state index contributed by atoms with van der Waals surface area (Å²) in [4.78, 5) is 6.93. The smallest absolute Gasteiger partial charge is 0.185 e. The molecule has 0 amide bonds. The van der Waals surface area contributed by atoms with Crippen LogP contribution in [-0.2, 0) is 16.3 Å². The molecule has 0 unspecified atom stereocenters. The van der Waals surface area contributed by atoms with Gasteiger partial charge < -0.3 is 4.90 Å². The van der Waals surface area contributed by atoms with Gasteiger partial charge in [0.25, 0.3) is 0 Å². The van der Waals surface area contributed by atoms with E-state index in [9.17, 15) is 12.8 Å². The second-order valence-corrected chi connectivity index (χ2v) is 11.6. The van der Waals surface area contributed by atoms with Gasteiger partial charge in [0.05, 0.1) is 15.8 Å². The maximum atomic E-state index is 13.6. The van der Waals surface area contributed by atoms with Gasteiger partial charge in [-0.2, -0.15) is 0 Å². The van der Waals surface area contributed by atoms with Crippen LogP contribution in [0.25, 0.3) is 0 Å². The molecule has 4 nitrogen and oxygen atoms in total. The van der Waals surface area contributed by atoms with Gasteiger partial charge in [0, 0.05) is 34.9 Å². The lowest BCUT2D eigenvalue weighted by Gasteiger charge is -2.31. The van der Waals surface area contributed by atoms with Gasteiger partial charge in [0.2, 0.25) is 0 Å². The Hall–Kier alpha value is -1.67. The molecular weight excluding hydrogens is 478 g/mol. The lowest BCUT2D eigenvalue weighted by molar-refractivity contribution is 0.527. The van der Waals surface area contributed by atoms with E-state index in [-0.39, 0.29) is 4.90 Å². The number of anilines is 1. The number of aromatic nitrogens is 1. The number of benzene rings is 2. The van der Waals surface area contributed by atoms with E-state index in [0.717, 1.165) is 22.5 Å². The highest BCUT2D eigenvalue weighted by Crippen LogP contribution is 2.31. The summed E-state index contributed by atoms with van der Waals surface area (Å²) < 4.78 is 39.7. The summed E-state index contributed by atoms with van der Waals surface area (Å²) >= 11 is 13.8. The molecule has 1 aromatic heterocycles. The van der Waals surface area contributed by atoms with E-state index in [1.807, 2.05) is 17.5 Å². The lowest BCUT2D eigenvalue weighted by Crippen LogP contribution is -2.39. The Bertz CT molecular complexity index is 1210. The molecule has 0 spiro atoms. The number of hydrogen-bond acceptors (Lipinski definition) is 5. The Morgan fingerprint density at radius 3 is 2.61 bits per heavy atom. The van der Waals surface area contributed by atoms with Gasteiger partial charge in [-0.25, -0.2) is 17.8 Å². The van der Waals surface area contributed by atoms with Crippen molar-refractivity contribution in [2.45, 2.75) is 36.3 Å². The fourth-order valence-corrected chi connectivity index (χ4v) is 7.14. The van der Waals surface area contributed by atoms with E-state index in [2.05, 4.69) is 4.90 Å². The van der Waals surface area contributed by atoms with E-state index in [1.54, 1.807) is 24.3 Å². The Balaban J connectivity index is 1.43. The van der Waals surface area contributed by atoms with Gasteiger partial charge in [-0.05, 0) is 55.2 Å². The Labute approximate surface area is 195 Å². The van der Waals surface area contributed by atoms with Gasteiger partial charge in [-0.3, -0.25) is 0 Å². The molecule has 31 heavy (non-hydrogen) atoms. The van der Waals surface area contributed by atoms with Crippen molar-refractivity contribution in [1.82, 2.24) is 4.98 Å². The van der Waals surface area contributed by atoms with Gasteiger partial charge in [-0.1, -0.05) is 35.3 Å². The zero-order valence-electron chi connectivity index (χ0n) is 16.8. The second kappa shape index (κ2) is 9.06. The highest BCUT2D eigenvalue weighted by atomic mass is 35.5. The predicted molar refractivity (Wildman–Crippen MR) is 125 cm³/mol. The first kappa shape index (κ1) is 22.5. The van der Waals surface area contributed by atoms with Crippen LogP contribution < -0.4 is 4.90 Å². The quantitative estimate of drug-likeness (QED) is 0.437. The van der Waals surface area contributed by atoms with Crippen molar-refractivity contribution < 1.29 is 12.8 Å². The van der Waals surface area contributed by atoms with Crippen LogP contribution in [0.3, 0.4) is 0 Å². The normalized spacial score (nSPS) is 15.4. The van der Waals surface area contributed by atoms with Crippen molar-refractivity contribution in [2.24, 2.45) is 0 Å². The largest absolute Gasteiger partial charge is 0.348 e. The van der Waals surface area contributed by atoms with E-state index >= 15 is 0 Å². The van der Waals surface area contributed by atoms with Crippen LogP contribution >= 0.6 is 34.5 Å². The fraction of sp³-hybridized carbons (Fsp3) is 0.318. The summed E-state index contributed by atoms with van der Waals surface area (Å²) in [5.41, 5.74) is 2.45. The summed E-state index contributed by atoms with van der Waals surface area (Å²) in [5, 5.41) is 3.56. The molecule has 0 bridgehead atoms. The summed E-state index contributed by atoms with van der Waals surface area (Å²) in [7, 11) is -3.57. The first-order chi connectivity index (χ1) is 14.7. The number of piperidine rings is 1. The molecule has 164 valence electrons. The minimum atomic E-state index is -3.57. The van der Waals surface area contributed by atoms with Crippen molar-refractivity contribution in [2.75, 3.05) is 18.0 Å². The summed E-state index contributed by atoms with van der Waals surface area (Å²) in [6.07, 6.45) is 1.57. The third kappa shape index (κ3) is 4.90. The third-order valence-electron chi connectivity index (χ3n) is 5.53. The standard InChI is InChI=1S/C22H21Cl2FN2O2S2/c1-14-2-5-17(25)12-21(14)31(28,29)19-6-8-27(9-7-19)22-26-18(13-30-22)10-15-3-4-16(23)11-20(15)24/h2-5,11-13,19H,6-10H2,1H3. The monoisotopic (exact) mass is 498 g/mol. The highest BCUT2D eigenvalue weighted by Gasteiger charge is 2.33. The number of sulfone groups is 1. The zero-order valence-corrected chi connectivity index (χ0v) is 20.0. The SMILES string of the molecule is Cc1ccc(F)cc1S(=O)(=O)C1CCN(c2nc(Cc3ccc(Cl)cc3Cl)cs2)CC1. The Morgan fingerprint density at radius 1 is 1.16 bits per heavy atom. The van der Waals surface area contributed by atoms with Crippen molar-refractivity contribution >= 4 is 49.5 Å². The van der Waals surface area contributed by atoms with Crippen LogP contribution in [0.5, 0.6) is 0 Å². The number of thiazole rings is 1. The predicted octanol–water partition coefficient (Wildman–Crippen LogP) is 5.93. The molecule has 0 N–H and O–H groups in total. The maximum absolute atomic E-state index is 13.6. The first-order valence-corrected chi connectivity index (χ1v) is 13.1. The number of hydrogen-bond donors (Lipinski definition) is 0. The van der Waals surface area contributed by atoms with Crippen LogP contribution in [0.4, 0.5) is 9.52 Å². The summed E-state index contributed by atoms with van der Waals surface area (Å²) in [6, 6.07) is 9.36. The van der Waals surface area contributed by atoms with Crippen LogP contribution in [-0.4, -0.2) is 31.7 Å². The molecule has 3 aromatic rings. The van der Waals surface area contributed by atoms with E-state index in [1.165, 1.54) is 12.1 Å². The topological polar surface area (TPSA) is 50.3 Å². The molecule has 0 radical (unpaired) electrons.